The van der Waals surface area contributed by atoms with Crippen LogP contribution in [0, 0.1) is 0 Å². The molecule has 0 spiro atoms. The normalized spacial score (nSPS) is 10.8. The molecule has 0 unspecified atom stereocenters. The number of hydrogen-bond donors (Lipinski definition) is 3. The molecule has 0 atom stereocenters. The maximum atomic E-state index is 12.2. The van der Waals surface area contributed by atoms with Crippen molar-refractivity contribution in [2.45, 2.75) is 3.79 Å². The molecule has 0 aliphatic carbocycles. The summed E-state index contributed by atoms with van der Waals surface area (Å²) >= 11 is 27.2. The fourth-order valence-corrected chi connectivity index (χ4v) is 2.35. The lowest BCUT2D eigenvalue weighted by atomic mass is 10.2. The zero-order valence-electron chi connectivity index (χ0n) is 12.9. The standard InChI is InChI=1S/C16H11Cl4N3O2S/c17-10-3-1-2-9(8-10)13(24)21-11-4-6-12(7-5-11)22-15(26)23-14(25)16(18,19)20/h1-8H,(H,21,24)(H2,22,23,25,26). The van der Waals surface area contributed by atoms with Crippen molar-refractivity contribution in [3.63, 3.8) is 0 Å². The van der Waals surface area contributed by atoms with Crippen molar-refractivity contribution in [3.8, 4) is 0 Å². The first-order valence-corrected chi connectivity index (χ1v) is 8.93. The van der Waals surface area contributed by atoms with Gasteiger partial charge in [-0.15, -0.1) is 0 Å². The van der Waals surface area contributed by atoms with E-state index in [0.717, 1.165) is 0 Å². The minimum absolute atomic E-state index is 0.0305. The van der Waals surface area contributed by atoms with Gasteiger partial charge in [0.05, 0.1) is 0 Å². The highest BCUT2D eigenvalue weighted by molar-refractivity contribution is 7.80. The van der Waals surface area contributed by atoms with Crippen LogP contribution in [0.25, 0.3) is 0 Å². The topological polar surface area (TPSA) is 70.2 Å². The number of rotatable bonds is 3. The highest BCUT2D eigenvalue weighted by Crippen LogP contribution is 2.25. The second-order valence-electron chi connectivity index (χ2n) is 4.95. The van der Waals surface area contributed by atoms with Crippen molar-refractivity contribution in [2.75, 3.05) is 10.6 Å². The van der Waals surface area contributed by atoms with E-state index in [9.17, 15) is 9.59 Å². The van der Waals surface area contributed by atoms with Crippen LogP contribution in [0.15, 0.2) is 48.5 Å². The first-order valence-electron chi connectivity index (χ1n) is 7.01. The summed E-state index contributed by atoms with van der Waals surface area (Å²) in [7, 11) is 0. The number of nitrogens with one attached hydrogen (secondary N) is 3. The first kappa shape index (κ1) is 20.7. The van der Waals surface area contributed by atoms with Gasteiger partial charge in [-0.1, -0.05) is 52.5 Å². The Morgan fingerprint density at radius 3 is 2.04 bits per heavy atom. The number of thiocarbonyl (C=S) groups is 1. The highest BCUT2D eigenvalue weighted by Gasteiger charge is 2.31. The second-order valence-corrected chi connectivity index (χ2v) is 8.07. The number of alkyl halides is 3. The van der Waals surface area contributed by atoms with Crippen LogP contribution >= 0.6 is 58.6 Å². The maximum absolute atomic E-state index is 12.2. The van der Waals surface area contributed by atoms with E-state index in [-0.39, 0.29) is 11.0 Å². The molecule has 136 valence electrons. The van der Waals surface area contributed by atoms with Crippen molar-refractivity contribution in [2.24, 2.45) is 0 Å². The molecule has 0 fully saturated rings. The van der Waals surface area contributed by atoms with E-state index < -0.39 is 9.70 Å². The minimum atomic E-state index is -2.11. The maximum Gasteiger partial charge on any atom is 0.278 e. The van der Waals surface area contributed by atoms with E-state index in [2.05, 4.69) is 16.0 Å². The lowest BCUT2D eigenvalue weighted by Crippen LogP contribution is -2.41. The summed E-state index contributed by atoms with van der Waals surface area (Å²) in [5.74, 6) is -1.16. The molecule has 0 aromatic heterocycles. The fraction of sp³-hybridized carbons (Fsp3) is 0.0625. The van der Waals surface area contributed by atoms with Gasteiger partial charge in [0.2, 0.25) is 0 Å². The fourth-order valence-electron chi connectivity index (χ4n) is 1.81. The van der Waals surface area contributed by atoms with Gasteiger partial charge in [0.25, 0.3) is 15.6 Å². The highest BCUT2D eigenvalue weighted by atomic mass is 35.6. The third-order valence-electron chi connectivity index (χ3n) is 2.97. The molecule has 10 heteroatoms. The molecule has 2 aromatic rings. The van der Waals surface area contributed by atoms with Gasteiger partial charge in [-0.25, -0.2) is 0 Å². The Hall–Kier alpha value is -1.57. The van der Waals surface area contributed by atoms with Crippen LogP contribution in [-0.2, 0) is 4.79 Å². The zero-order chi connectivity index (χ0) is 19.3. The molecule has 0 saturated carbocycles. The Morgan fingerprint density at radius 1 is 0.923 bits per heavy atom. The number of hydrogen-bond acceptors (Lipinski definition) is 3. The third-order valence-corrected chi connectivity index (χ3v) is 3.93. The third kappa shape index (κ3) is 6.30. The number of carbonyl (C=O) groups excluding carboxylic acids is 2. The van der Waals surface area contributed by atoms with E-state index in [1.165, 1.54) is 0 Å². The van der Waals surface area contributed by atoms with Crippen LogP contribution in [0.4, 0.5) is 11.4 Å². The molecular formula is C16H11Cl4N3O2S. The molecule has 0 saturated heterocycles. The number of carbonyl (C=O) groups is 2. The minimum Gasteiger partial charge on any atom is -0.332 e. The monoisotopic (exact) mass is 449 g/mol. The Kier molecular flexibility index (Phi) is 7.08. The van der Waals surface area contributed by atoms with E-state index >= 15 is 0 Å². The predicted molar refractivity (Wildman–Crippen MR) is 111 cm³/mol. The average Bonchev–Trinajstić information content (AvgIpc) is 2.55. The van der Waals surface area contributed by atoms with Crippen molar-refractivity contribution in [1.82, 2.24) is 5.32 Å². The summed E-state index contributed by atoms with van der Waals surface area (Å²) in [6.45, 7) is 0. The number of halogens is 4. The summed E-state index contributed by atoms with van der Waals surface area (Å²) in [6, 6.07) is 13.2. The lowest BCUT2D eigenvalue weighted by molar-refractivity contribution is -0.118. The van der Waals surface area contributed by atoms with Crippen LogP contribution in [0.5, 0.6) is 0 Å². The summed E-state index contributed by atoms with van der Waals surface area (Å²) < 4.78 is -2.11. The summed E-state index contributed by atoms with van der Waals surface area (Å²) in [5, 5.41) is 8.19. The van der Waals surface area contributed by atoms with Gasteiger partial charge in [0.1, 0.15) is 0 Å². The van der Waals surface area contributed by atoms with Gasteiger partial charge in [-0.05, 0) is 54.7 Å². The molecule has 2 amide bonds. The molecule has 0 aliphatic heterocycles. The molecule has 0 aliphatic rings. The summed E-state index contributed by atoms with van der Waals surface area (Å²) in [6.07, 6.45) is 0. The largest absolute Gasteiger partial charge is 0.332 e. The molecule has 2 rings (SSSR count). The van der Waals surface area contributed by atoms with Gasteiger partial charge in [0.15, 0.2) is 5.11 Å². The van der Waals surface area contributed by atoms with Gasteiger partial charge in [0, 0.05) is 22.0 Å². The number of anilines is 2. The first-order chi connectivity index (χ1) is 12.1. The van der Waals surface area contributed by atoms with Crippen molar-refractivity contribution >= 4 is 86.9 Å². The zero-order valence-corrected chi connectivity index (χ0v) is 16.7. The van der Waals surface area contributed by atoms with Gasteiger partial charge >= 0.3 is 0 Å². The van der Waals surface area contributed by atoms with Crippen LogP contribution in [-0.4, -0.2) is 20.7 Å². The number of amides is 2. The van der Waals surface area contributed by atoms with E-state index in [1.807, 2.05) is 0 Å². The molecule has 5 nitrogen and oxygen atoms in total. The van der Waals surface area contributed by atoms with E-state index in [4.69, 9.17) is 58.6 Å². The van der Waals surface area contributed by atoms with Gasteiger partial charge < -0.3 is 10.6 Å². The van der Waals surface area contributed by atoms with Crippen molar-refractivity contribution in [3.05, 3.63) is 59.1 Å². The molecule has 3 N–H and O–H groups in total. The second kappa shape index (κ2) is 8.88. The molecule has 26 heavy (non-hydrogen) atoms. The summed E-state index contributed by atoms with van der Waals surface area (Å²) in [5.41, 5.74) is 1.58. The smallest absolute Gasteiger partial charge is 0.278 e. The van der Waals surface area contributed by atoms with Crippen LogP contribution in [0.1, 0.15) is 10.4 Å². The van der Waals surface area contributed by atoms with Gasteiger partial charge in [-0.2, -0.15) is 0 Å². The molecular weight excluding hydrogens is 440 g/mol. The SMILES string of the molecule is O=C(Nc1ccc(NC(=S)NC(=O)C(Cl)(Cl)Cl)cc1)c1cccc(Cl)c1. The molecule has 0 bridgehead atoms. The Morgan fingerprint density at radius 2 is 1.50 bits per heavy atom. The van der Waals surface area contributed by atoms with Crippen molar-refractivity contribution in [1.29, 1.82) is 0 Å². The number of benzene rings is 2. The van der Waals surface area contributed by atoms with E-state index in [1.54, 1.807) is 48.5 Å². The Balaban J connectivity index is 1.95. The molecule has 2 aromatic carbocycles. The van der Waals surface area contributed by atoms with Crippen LogP contribution < -0.4 is 16.0 Å². The van der Waals surface area contributed by atoms with Crippen LogP contribution in [0.3, 0.4) is 0 Å². The summed E-state index contributed by atoms with van der Waals surface area (Å²) in [4.78, 5) is 23.7. The van der Waals surface area contributed by atoms with Gasteiger partial charge in [-0.3, -0.25) is 14.9 Å². The average molecular weight is 451 g/mol. The Labute approximate surface area is 174 Å². The predicted octanol–water partition coefficient (Wildman–Crippen LogP) is 4.78. The lowest BCUT2D eigenvalue weighted by Gasteiger charge is -2.13. The van der Waals surface area contributed by atoms with Crippen molar-refractivity contribution < 1.29 is 9.59 Å². The van der Waals surface area contributed by atoms with Crippen LogP contribution in [0.2, 0.25) is 5.02 Å². The van der Waals surface area contributed by atoms with E-state index in [0.29, 0.717) is 22.0 Å². The molecule has 0 heterocycles. The molecule has 0 radical (unpaired) electrons. The Bertz CT molecular complexity index is 838. The quantitative estimate of drug-likeness (QED) is 0.465.